The highest BCUT2D eigenvalue weighted by molar-refractivity contribution is 6.30. The number of nitrogens with zero attached hydrogens (tertiary/aromatic N) is 1. The molecule has 1 saturated heterocycles. The molecule has 0 unspecified atom stereocenters. The number of carbonyl (C=O) groups is 1. The van der Waals surface area contributed by atoms with Crippen LogP contribution in [0.5, 0.6) is 0 Å². The second-order valence-electron chi connectivity index (χ2n) is 11.7. The van der Waals surface area contributed by atoms with Crippen LogP contribution in [0.3, 0.4) is 0 Å². The number of amides is 1. The zero-order chi connectivity index (χ0) is 26.0. The van der Waals surface area contributed by atoms with Gasteiger partial charge in [-0.3, -0.25) is 5.32 Å². The minimum Gasteiger partial charge on any atom is -0.430 e. The molecular formula is C28H35Cl2N3O2. The number of hydrogen-bond acceptors (Lipinski definition) is 4. The molecule has 0 aliphatic carbocycles. The van der Waals surface area contributed by atoms with E-state index in [-0.39, 0.29) is 16.9 Å². The van der Waals surface area contributed by atoms with Gasteiger partial charge in [-0.1, -0.05) is 89.0 Å². The highest BCUT2D eigenvalue weighted by Gasteiger charge is 2.59. The Morgan fingerprint density at radius 3 is 2.26 bits per heavy atom. The lowest BCUT2D eigenvalue weighted by atomic mass is 9.64. The molecule has 0 saturated carbocycles. The Kier molecular flexibility index (Phi) is 8.11. The summed E-state index contributed by atoms with van der Waals surface area (Å²) in [4.78, 5) is 12.9. The average molecular weight is 517 g/mol. The predicted octanol–water partition coefficient (Wildman–Crippen LogP) is 7.04. The fraction of sp³-hybridized carbons (Fsp3) is 0.500. The smallest absolute Gasteiger partial charge is 0.408 e. The monoisotopic (exact) mass is 515 g/mol. The molecule has 1 heterocycles. The molecule has 35 heavy (non-hydrogen) atoms. The molecule has 0 spiro atoms. The first kappa shape index (κ1) is 27.3. The van der Waals surface area contributed by atoms with Gasteiger partial charge in [0.05, 0.1) is 12.0 Å². The number of nitriles is 1. The molecule has 2 aromatic rings. The molecule has 188 valence electrons. The Hall–Kier alpha value is -2.26. The number of hydrogen-bond donors (Lipinski definition) is 2. The summed E-state index contributed by atoms with van der Waals surface area (Å²) in [6.07, 6.45) is -0.580. The summed E-state index contributed by atoms with van der Waals surface area (Å²) in [7, 11) is 0. The SMILES string of the molecule is CC(C)(C)CNC(=O)O[C@H]1N[C@@H](CC(C)(C)C)[C@](C#N)(c2ccc(Cl)cc2)[C@H]1c1cccc(Cl)c1. The largest absolute Gasteiger partial charge is 0.430 e. The molecule has 4 atom stereocenters. The first-order chi connectivity index (χ1) is 16.2. The van der Waals surface area contributed by atoms with E-state index in [2.05, 4.69) is 37.5 Å². The van der Waals surface area contributed by atoms with Gasteiger partial charge in [-0.05, 0) is 52.6 Å². The van der Waals surface area contributed by atoms with E-state index < -0.39 is 23.7 Å². The molecule has 5 nitrogen and oxygen atoms in total. The van der Waals surface area contributed by atoms with Crippen molar-refractivity contribution >= 4 is 29.3 Å². The first-order valence-corrected chi connectivity index (χ1v) is 12.6. The molecule has 3 rings (SSSR count). The predicted molar refractivity (Wildman–Crippen MR) is 142 cm³/mol. The van der Waals surface area contributed by atoms with Crippen LogP contribution in [0.2, 0.25) is 10.0 Å². The summed E-state index contributed by atoms with van der Waals surface area (Å²) in [5.41, 5.74) is 0.429. The van der Waals surface area contributed by atoms with E-state index in [9.17, 15) is 10.1 Å². The minimum atomic E-state index is -1.03. The normalized spacial score (nSPS) is 24.6. The molecule has 2 N–H and O–H groups in total. The van der Waals surface area contributed by atoms with Gasteiger partial charge in [-0.25, -0.2) is 4.79 Å². The van der Waals surface area contributed by atoms with Crippen molar-refractivity contribution in [3.63, 3.8) is 0 Å². The number of halogens is 2. The number of nitrogens with one attached hydrogen (secondary N) is 2. The van der Waals surface area contributed by atoms with Gasteiger partial charge < -0.3 is 10.1 Å². The molecule has 2 aromatic carbocycles. The molecule has 1 fully saturated rings. The summed E-state index contributed by atoms with van der Waals surface area (Å²) < 4.78 is 5.98. The van der Waals surface area contributed by atoms with Crippen molar-refractivity contribution in [1.29, 1.82) is 5.26 Å². The fourth-order valence-electron chi connectivity index (χ4n) is 4.77. The summed E-state index contributed by atoms with van der Waals surface area (Å²) in [5.74, 6) is -0.500. The van der Waals surface area contributed by atoms with Crippen molar-refractivity contribution < 1.29 is 9.53 Å². The van der Waals surface area contributed by atoms with Crippen molar-refractivity contribution in [2.75, 3.05) is 6.54 Å². The maximum absolute atomic E-state index is 12.9. The number of benzene rings is 2. The topological polar surface area (TPSA) is 74.2 Å². The van der Waals surface area contributed by atoms with Gasteiger partial charge in [-0.15, -0.1) is 0 Å². The Bertz CT molecular complexity index is 1080. The van der Waals surface area contributed by atoms with Crippen LogP contribution >= 0.6 is 23.2 Å². The van der Waals surface area contributed by atoms with Gasteiger partial charge in [0.25, 0.3) is 0 Å². The molecule has 0 bridgehead atoms. The van der Waals surface area contributed by atoms with Gasteiger partial charge in [0.2, 0.25) is 0 Å². The number of carbonyl (C=O) groups excluding carboxylic acids is 1. The van der Waals surface area contributed by atoms with E-state index in [1.807, 2.05) is 51.1 Å². The van der Waals surface area contributed by atoms with Crippen LogP contribution in [0.15, 0.2) is 48.5 Å². The van der Waals surface area contributed by atoms with Crippen LogP contribution in [-0.2, 0) is 10.2 Å². The molecule has 0 aromatic heterocycles. The number of rotatable bonds is 5. The summed E-state index contributed by atoms with van der Waals surface area (Å²) in [6, 6.07) is 17.2. The third-order valence-corrected chi connectivity index (χ3v) is 6.72. The third kappa shape index (κ3) is 6.50. The number of alkyl carbamates (subject to hydrolysis) is 1. The van der Waals surface area contributed by atoms with E-state index in [1.54, 1.807) is 18.2 Å². The molecular weight excluding hydrogens is 481 g/mol. The minimum absolute atomic E-state index is 0.0888. The molecule has 0 radical (unpaired) electrons. The van der Waals surface area contributed by atoms with Gasteiger partial charge in [0.15, 0.2) is 6.23 Å². The Morgan fingerprint density at radius 2 is 1.71 bits per heavy atom. The van der Waals surface area contributed by atoms with Crippen molar-refractivity contribution in [3.8, 4) is 6.07 Å². The first-order valence-electron chi connectivity index (χ1n) is 11.9. The molecule has 7 heteroatoms. The fourth-order valence-corrected chi connectivity index (χ4v) is 5.09. The lowest BCUT2D eigenvalue weighted by Gasteiger charge is -2.37. The van der Waals surface area contributed by atoms with Crippen LogP contribution in [-0.4, -0.2) is 24.9 Å². The summed E-state index contributed by atoms with van der Waals surface area (Å²) in [5, 5.41) is 18.4. The van der Waals surface area contributed by atoms with E-state index in [0.717, 1.165) is 11.1 Å². The Balaban J connectivity index is 2.14. The van der Waals surface area contributed by atoms with E-state index >= 15 is 0 Å². The van der Waals surface area contributed by atoms with E-state index in [1.165, 1.54) is 0 Å². The maximum atomic E-state index is 12.9. The van der Waals surface area contributed by atoms with Gasteiger partial charge in [0, 0.05) is 22.6 Å². The Labute approximate surface area is 219 Å². The third-order valence-electron chi connectivity index (χ3n) is 6.24. The molecule has 1 aliphatic heterocycles. The second-order valence-corrected chi connectivity index (χ2v) is 12.6. The number of ether oxygens (including phenoxy) is 1. The van der Waals surface area contributed by atoms with Gasteiger partial charge in [0.1, 0.15) is 5.41 Å². The zero-order valence-corrected chi connectivity index (χ0v) is 22.8. The van der Waals surface area contributed by atoms with Crippen LogP contribution in [0.25, 0.3) is 0 Å². The standard InChI is InChI=1S/C28H35Cl2N3O2/c1-26(2,3)15-22-28(16-31,19-10-12-20(29)13-11-19)23(18-8-7-9-21(30)14-18)24(33-22)35-25(34)32-17-27(4,5)6/h7-14,22-24,33H,15,17H2,1-6H3,(H,32,34)/t22-,23-,24+,28-/m0/s1. The van der Waals surface area contributed by atoms with E-state index in [0.29, 0.717) is 23.0 Å². The maximum Gasteiger partial charge on any atom is 0.408 e. The zero-order valence-electron chi connectivity index (χ0n) is 21.3. The highest BCUT2D eigenvalue weighted by Crippen LogP contribution is 2.51. The van der Waals surface area contributed by atoms with Crippen LogP contribution < -0.4 is 10.6 Å². The van der Waals surface area contributed by atoms with Gasteiger partial charge >= 0.3 is 6.09 Å². The summed E-state index contributed by atoms with van der Waals surface area (Å²) in [6.45, 7) is 13.0. The quantitative estimate of drug-likeness (QED) is 0.447. The Morgan fingerprint density at radius 1 is 1.06 bits per heavy atom. The van der Waals surface area contributed by atoms with Crippen LogP contribution in [0.1, 0.15) is 65.0 Å². The second kappa shape index (κ2) is 10.4. The van der Waals surface area contributed by atoms with Gasteiger partial charge in [-0.2, -0.15) is 5.26 Å². The van der Waals surface area contributed by atoms with Crippen LogP contribution in [0, 0.1) is 22.2 Å². The van der Waals surface area contributed by atoms with Crippen molar-refractivity contribution in [3.05, 3.63) is 69.7 Å². The molecule has 1 amide bonds. The van der Waals surface area contributed by atoms with Crippen molar-refractivity contribution in [1.82, 2.24) is 10.6 Å². The van der Waals surface area contributed by atoms with Crippen molar-refractivity contribution in [2.45, 2.75) is 71.6 Å². The molecule has 1 aliphatic rings. The lowest BCUT2D eigenvalue weighted by Crippen LogP contribution is -2.44. The summed E-state index contributed by atoms with van der Waals surface area (Å²) >= 11 is 12.6. The lowest BCUT2D eigenvalue weighted by molar-refractivity contribution is 0.0725. The average Bonchev–Trinajstić information content (AvgIpc) is 3.04. The highest BCUT2D eigenvalue weighted by atomic mass is 35.5. The van der Waals surface area contributed by atoms with Crippen LogP contribution in [0.4, 0.5) is 4.79 Å². The van der Waals surface area contributed by atoms with Crippen molar-refractivity contribution in [2.24, 2.45) is 10.8 Å². The van der Waals surface area contributed by atoms with E-state index in [4.69, 9.17) is 27.9 Å².